The van der Waals surface area contributed by atoms with Crippen molar-refractivity contribution >= 4 is 65.3 Å². The van der Waals surface area contributed by atoms with Crippen molar-refractivity contribution in [1.82, 2.24) is 14.1 Å². The number of hydrogen-bond donors (Lipinski definition) is 0. The number of fused-ring (bicyclic) bond motifs is 10. The molecule has 0 saturated heterocycles. The first-order chi connectivity index (χ1) is 19.9. The predicted molar refractivity (Wildman–Crippen MR) is 168 cm³/mol. The standard InChI is InChI=1S/C37H23N3/c1-2-11-26(12-3-1)39-32-16-8-5-13-27(32)29-21-18-25-19-22-30-28-14-6-9-17-33(28)40(37(30)35(25)36(29)39)34-23-20-24-10-4-7-15-31(24)38-34/h1-23H. The molecule has 0 radical (unpaired) electrons. The Morgan fingerprint density at radius 3 is 1.73 bits per heavy atom. The normalized spacial score (nSPS) is 12.0. The van der Waals surface area contributed by atoms with Crippen LogP contribution in [0.3, 0.4) is 0 Å². The number of rotatable bonds is 2. The molecule has 0 atom stereocenters. The number of aromatic nitrogens is 3. The largest absolute Gasteiger partial charge is 0.309 e. The van der Waals surface area contributed by atoms with Crippen molar-refractivity contribution in [2.45, 2.75) is 0 Å². The van der Waals surface area contributed by atoms with E-state index in [-0.39, 0.29) is 0 Å². The molecule has 0 N–H and O–H groups in total. The molecular formula is C37H23N3. The lowest BCUT2D eigenvalue weighted by atomic mass is 10.0. The van der Waals surface area contributed by atoms with Gasteiger partial charge in [-0.1, -0.05) is 97.1 Å². The fraction of sp³-hybridized carbons (Fsp3) is 0. The van der Waals surface area contributed by atoms with Crippen LogP contribution in [0.1, 0.15) is 0 Å². The quantitative estimate of drug-likeness (QED) is 0.227. The van der Waals surface area contributed by atoms with Crippen LogP contribution in [0.4, 0.5) is 0 Å². The van der Waals surface area contributed by atoms with Gasteiger partial charge in [-0.2, -0.15) is 0 Å². The maximum atomic E-state index is 5.18. The average Bonchev–Trinajstić information content (AvgIpc) is 3.54. The molecule has 3 heteroatoms. The third kappa shape index (κ3) is 2.86. The van der Waals surface area contributed by atoms with Crippen molar-refractivity contribution in [3.63, 3.8) is 0 Å². The predicted octanol–water partition coefficient (Wildman–Crippen LogP) is 9.58. The van der Waals surface area contributed by atoms with E-state index in [4.69, 9.17) is 4.98 Å². The highest BCUT2D eigenvalue weighted by Gasteiger charge is 2.21. The molecule has 0 aliphatic heterocycles. The summed E-state index contributed by atoms with van der Waals surface area (Å²) in [5, 5.41) is 8.56. The lowest BCUT2D eigenvalue weighted by Crippen LogP contribution is -1.99. The minimum absolute atomic E-state index is 0.928. The molecule has 0 aliphatic rings. The van der Waals surface area contributed by atoms with Crippen molar-refractivity contribution in [2.24, 2.45) is 0 Å². The van der Waals surface area contributed by atoms with Crippen molar-refractivity contribution < 1.29 is 0 Å². The van der Waals surface area contributed by atoms with E-state index in [0.717, 1.165) is 27.9 Å². The van der Waals surface area contributed by atoms with Crippen LogP contribution in [-0.2, 0) is 0 Å². The summed E-state index contributed by atoms with van der Waals surface area (Å²) in [4.78, 5) is 5.18. The fourth-order valence-electron chi connectivity index (χ4n) is 6.58. The van der Waals surface area contributed by atoms with Gasteiger partial charge in [0.2, 0.25) is 0 Å². The smallest absolute Gasteiger partial charge is 0.138 e. The van der Waals surface area contributed by atoms with Crippen LogP contribution in [0.2, 0.25) is 0 Å². The summed E-state index contributed by atoms with van der Waals surface area (Å²) in [6.07, 6.45) is 0. The molecule has 0 bridgehead atoms. The van der Waals surface area contributed by atoms with Crippen molar-refractivity contribution in [2.75, 3.05) is 0 Å². The van der Waals surface area contributed by atoms with Crippen molar-refractivity contribution in [3.05, 3.63) is 140 Å². The van der Waals surface area contributed by atoms with Gasteiger partial charge in [0.25, 0.3) is 0 Å². The van der Waals surface area contributed by atoms with Gasteiger partial charge in [0.05, 0.1) is 27.6 Å². The van der Waals surface area contributed by atoms with Crippen molar-refractivity contribution in [3.8, 4) is 11.5 Å². The van der Waals surface area contributed by atoms with Crippen LogP contribution in [0.5, 0.6) is 0 Å². The fourth-order valence-corrected chi connectivity index (χ4v) is 6.58. The van der Waals surface area contributed by atoms with Gasteiger partial charge < -0.3 is 4.57 Å². The van der Waals surface area contributed by atoms with Gasteiger partial charge in [0, 0.05) is 38.0 Å². The third-order valence-corrected chi connectivity index (χ3v) is 8.28. The molecule has 3 heterocycles. The Balaban J connectivity index is 1.56. The number of nitrogens with zero attached hydrogens (tertiary/aromatic N) is 3. The zero-order valence-electron chi connectivity index (χ0n) is 21.6. The van der Waals surface area contributed by atoms with Crippen LogP contribution in [0.25, 0.3) is 76.8 Å². The van der Waals surface area contributed by atoms with E-state index in [1.54, 1.807) is 0 Å². The van der Waals surface area contributed by atoms with Crippen LogP contribution < -0.4 is 0 Å². The first-order valence-corrected chi connectivity index (χ1v) is 13.7. The molecule has 6 aromatic carbocycles. The Bertz CT molecular complexity index is 2420. The molecule has 0 aliphatic carbocycles. The topological polar surface area (TPSA) is 22.8 Å². The van der Waals surface area contributed by atoms with Gasteiger partial charge in [0.1, 0.15) is 5.82 Å². The second-order valence-corrected chi connectivity index (χ2v) is 10.4. The van der Waals surface area contributed by atoms with Crippen LogP contribution >= 0.6 is 0 Å². The molecule has 186 valence electrons. The Labute approximate surface area is 230 Å². The Morgan fingerprint density at radius 1 is 0.400 bits per heavy atom. The van der Waals surface area contributed by atoms with Gasteiger partial charge in [0.15, 0.2) is 0 Å². The lowest BCUT2D eigenvalue weighted by Gasteiger charge is -2.13. The summed E-state index contributed by atoms with van der Waals surface area (Å²) in [7, 11) is 0. The van der Waals surface area contributed by atoms with E-state index in [0.29, 0.717) is 0 Å². The summed E-state index contributed by atoms with van der Waals surface area (Å²) >= 11 is 0. The van der Waals surface area contributed by atoms with E-state index in [9.17, 15) is 0 Å². The van der Waals surface area contributed by atoms with E-state index in [1.807, 2.05) is 0 Å². The number of pyridine rings is 1. The molecule has 0 amide bonds. The van der Waals surface area contributed by atoms with Crippen LogP contribution in [-0.4, -0.2) is 14.1 Å². The average molecular weight is 510 g/mol. The minimum Gasteiger partial charge on any atom is -0.309 e. The number of hydrogen-bond acceptors (Lipinski definition) is 1. The van der Waals surface area contributed by atoms with E-state index < -0.39 is 0 Å². The molecule has 0 saturated carbocycles. The third-order valence-electron chi connectivity index (χ3n) is 8.28. The molecule has 3 aromatic heterocycles. The van der Waals surface area contributed by atoms with Gasteiger partial charge in [-0.15, -0.1) is 0 Å². The Kier molecular flexibility index (Phi) is 4.33. The highest BCUT2D eigenvalue weighted by atomic mass is 15.1. The van der Waals surface area contributed by atoms with Gasteiger partial charge in [-0.05, 0) is 47.9 Å². The summed E-state index contributed by atoms with van der Waals surface area (Å²) < 4.78 is 4.80. The van der Waals surface area contributed by atoms with Gasteiger partial charge in [-0.25, -0.2) is 4.98 Å². The van der Waals surface area contributed by atoms with E-state index in [2.05, 4.69) is 149 Å². The molecule has 0 unspecified atom stereocenters. The molecular weight excluding hydrogens is 486 g/mol. The molecule has 0 fully saturated rings. The molecule has 3 nitrogen and oxygen atoms in total. The maximum absolute atomic E-state index is 5.18. The summed E-state index contributed by atoms with van der Waals surface area (Å²) in [6, 6.07) is 49.9. The number of benzene rings is 6. The second-order valence-electron chi connectivity index (χ2n) is 10.4. The monoisotopic (exact) mass is 509 g/mol. The molecule has 0 spiro atoms. The maximum Gasteiger partial charge on any atom is 0.138 e. The highest BCUT2D eigenvalue weighted by Crippen LogP contribution is 2.42. The second kappa shape index (κ2) is 8.05. The molecule has 40 heavy (non-hydrogen) atoms. The first-order valence-electron chi connectivity index (χ1n) is 13.7. The van der Waals surface area contributed by atoms with E-state index >= 15 is 0 Å². The summed E-state index contributed by atoms with van der Waals surface area (Å²) in [5.41, 5.74) is 6.93. The molecule has 9 aromatic rings. The first kappa shape index (κ1) is 21.5. The van der Waals surface area contributed by atoms with Gasteiger partial charge in [-0.3, -0.25) is 4.57 Å². The summed E-state index contributed by atoms with van der Waals surface area (Å²) in [5.74, 6) is 0.928. The van der Waals surface area contributed by atoms with Crippen LogP contribution in [0, 0.1) is 0 Å². The Hall–Kier alpha value is -5.41. The zero-order valence-corrected chi connectivity index (χ0v) is 21.6. The summed E-state index contributed by atoms with van der Waals surface area (Å²) in [6.45, 7) is 0. The van der Waals surface area contributed by atoms with Crippen molar-refractivity contribution in [1.29, 1.82) is 0 Å². The lowest BCUT2D eigenvalue weighted by molar-refractivity contribution is 1.11. The molecule has 9 rings (SSSR count). The minimum atomic E-state index is 0.928. The van der Waals surface area contributed by atoms with E-state index in [1.165, 1.54) is 48.9 Å². The number of para-hydroxylation sites is 4. The Morgan fingerprint density at radius 2 is 0.975 bits per heavy atom. The zero-order chi connectivity index (χ0) is 26.2. The van der Waals surface area contributed by atoms with Crippen LogP contribution in [0.15, 0.2) is 140 Å². The SMILES string of the molecule is c1ccc(-n2c3ccccc3c3ccc4ccc5c6ccccc6n(-c6ccc7ccccc7n6)c5c4c32)cc1. The van der Waals surface area contributed by atoms with Gasteiger partial charge >= 0.3 is 0 Å². The highest BCUT2D eigenvalue weighted by molar-refractivity contribution is 6.28.